The summed E-state index contributed by atoms with van der Waals surface area (Å²) in [7, 11) is 0. The van der Waals surface area contributed by atoms with Gasteiger partial charge in [0, 0.05) is 9.58 Å². The fourth-order valence-electron chi connectivity index (χ4n) is 1.49. The number of ether oxygens (including phenoxy) is 1. The van der Waals surface area contributed by atoms with Crippen molar-refractivity contribution >= 4 is 21.4 Å². The van der Waals surface area contributed by atoms with Gasteiger partial charge >= 0.3 is 0 Å². The molecule has 66 valence electrons. The van der Waals surface area contributed by atoms with Gasteiger partial charge < -0.3 is 4.74 Å². The average Bonchev–Trinajstić information content (AvgIpc) is 2.76. The van der Waals surface area contributed by atoms with Crippen LogP contribution in [0.2, 0.25) is 0 Å². The smallest absolute Gasteiger partial charge is 0.123 e. The maximum absolute atomic E-state index is 5.42. The lowest BCUT2D eigenvalue weighted by Crippen LogP contribution is -1.96. The van der Waals surface area contributed by atoms with Gasteiger partial charge in [-0.2, -0.15) is 0 Å². The first-order valence-electron chi connectivity index (χ1n) is 4.41. The molecule has 3 rings (SSSR count). The van der Waals surface area contributed by atoms with E-state index in [1.807, 2.05) is 11.3 Å². The molecule has 0 radical (unpaired) electrons. The average molecular weight is 190 g/mol. The molecule has 1 saturated heterocycles. The van der Waals surface area contributed by atoms with Gasteiger partial charge in [-0.25, -0.2) is 0 Å². The quantitative estimate of drug-likeness (QED) is 0.629. The highest BCUT2D eigenvalue weighted by molar-refractivity contribution is 7.19. The first kappa shape index (κ1) is 7.54. The van der Waals surface area contributed by atoms with Crippen molar-refractivity contribution in [3.05, 3.63) is 35.2 Å². The Kier molecular flexibility index (Phi) is 1.35. The van der Waals surface area contributed by atoms with Crippen LogP contribution in [0.3, 0.4) is 0 Å². The Morgan fingerprint density at radius 1 is 1.38 bits per heavy atom. The maximum Gasteiger partial charge on any atom is 0.123 e. The van der Waals surface area contributed by atoms with Crippen molar-refractivity contribution in [1.82, 2.24) is 0 Å². The number of thiophene rings is 1. The normalized spacial score (nSPS) is 26.5. The molecule has 13 heavy (non-hydrogen) atoms. The summed E-state index contributed by atoms with van der Waals surface area (Å²) in [5.74, 6) is 0. The monoisotopic (exact) mass is 190 g/mol. The Morgan fingerprint density at radius 3 is 2.85 bits per heavy atom. The molecule has 1 aliphatic heterocycles. The van der Waals surface area contributed by atoms with E-state index in [0.717, 1.165) is 6.61 Å². The zero-order valence-corrected chi connectivity index (χ0v) is 8.23. The highest BCUT2D eigenvalue weighted by Gasteiger charge is 2.42. The van der Waals surface area contributed by atoms with Crippen LogP contribution < -0.4 is 0 Å². The minimum atomic E-state index is 0.0314. The highest BCUT2D eigenvalue weighted by atomic mass is 32.1. The van der Waals surface area contributed by atoms with E-state index in [0.29, 0.717) is 0 Å². The van der Waals surface area contributed by atoms with E-state index in [9.17, 15) is 0 Å². The van der Waals surface area contributed by atoms with Crippen molar-refractivity contribution < 1.29 is 4.74 Å². The van der Waals surface area contributed by atoms with Crippen molar-refractivity contribution in [2.75, 3.05) is 6.61 Å². The minimum Gasteiger partial charge on any atom is -0.364 e. The van der Waals surface area contributed by atoms with Gasteiger partial charge in [-0.15, -0.1) is 11.3 Å². The number of rotatable bonds is 1. The van der Waals surface area contributed by atoms with Crippen LogP contribution in [0, 0.1) is 0 Å². The number of benzene rings is 1. The lowest BCUT2D eigenvalue weighted by Gasteiger charge is -1.97. The lowest BCUT2D eigenvalue weighted by molar-refractivity contribution is 0.334. The topological polar surface area (TPSA) is 12.5 Å². The third kappa shape index (κ3) is 1.10. The lowest BCUT2D eigenvalue weighted by atomic mass is 10.1. The molecular formula is C11H10OS. The van der Waals surface area contributed by atoms with E-state index in [1.54, 1.807) is 0 Å². The Bertz CT molecular complexity index is 421. The second kappa shape index (κ2) is 2.34. The summed E-state index contributed by atoms with van der Waals surface area (Å²) in [4.78, 5) is 1.36. The van der Waals surface area contributed by atoms with Gasteiger partial charge in [-0.05, 0) is 24.4 Å². The number of fused-ring (bicyclic) bond motifs is 1. The molecule has 1 aromatic carbocycles. The second-order valence-electron chi connectivity index (χ2n) is 3.67. The van der Waals surface area contributed by atoms with Gasteiger partial charge in [0.1, 0.15) is 5.60 Å². The Morgan fingerprint density at radius 2 is 2.15 bits per heavy atom. The van der Waals surface area contributed by atoms with Crippen LogP contribution in [-0.4, -0.2) is 6.61 Å². The summed E-state index contributed by atoms with van der Waals surface area (Å²) < 4.78 is 6.78. The van der Waals surface area contributed by atoms with E-state index in [4.69, 9.17) is 4.74 Å². The van der Waals surface area contributed by atoms with Crippen LogP contribution in [0.5, 0.6) is 0 Å². The van der Waals surface area contributed by atoms with E-state index in [1.165, 1.54) is 15.0 Å². The van der Waals surface area contributed by atoms with Gasteiger partial charge in [-0.1, -0.05) is 18.2 Å². The van der Waals surface area contributed by atoms with Crippen LogP contribution in [0.25, 0.3) is 10.1 Å². The van der Waals surface area contributed by atoms with Crippen molar-refractivity contribution in [2.24, 2.45) is 0 Å². The Labute approximate surface area is 81.0 Å². The van der Waals surface area contributed by atoms with Gasteiger partial charge in [-0.3, -0.25) is 0 Å². The molecule has 2 aromatic rings. The number of hydrogen-bond donors (Lipinski definition) is 0. The Balaban J connectivity index is 2.22. The second-order valence-corrected chi connectivity index (χ2v) is 4.75. The highest BCUT2D eigenvalue weighted by Crippen LogP contribution is 2.43. The van der Waals surface area contributed by atoms with Crippen molar-refractivity contribution in [3.63, 3.8) is 0 Å². The molecule has 0 aliphatic carbocycles. The number of hydrogen-bond acceptors (Lipinski definition) is 2. The van der Waals surface area contributed by atoms with Crippen molar-refractivity contribution in [2.45, 2.75) is 12.5 Å². The largest absolute Gasteiger partial charge is 0.364 e. The predicted molar refractivity (Wildman–Crippen MR) is 55.1 cm³/mol. The molecule has 2 heterocycles. The summed E-state index contributed by atoms with van der Waals surface area (Å²) in [6.07, 6.45) is 0. The molecule has 1 atom stereocenters. The summed E-state index contributed by atoms with van der Waals surface area (Å²) in [5, 5.41) is 1.33. The van der Waals surface area contributed by atoms with Crippen molar-refractivity contribution in [3.8, 4) is 0 Å². The molecule has 0 spiro atoms. The molecule has 0 saturated carbocycles. The van der Waals surface area contributed by atoms with Gasteiger partial charge in [0.25, 0.3) is 0 Å². The van der Waals surface area contributed by atoms with E-state index in [-0.39, 0.29) is 5.60 Å². The van der Waals surface area contributed by atoms with E-state index >= 15 is 0 Å². The summed E-state index contributed by atoms with van der Waals surface area (Å²) in [6.45, 7) is 3.03. The molecule has 0 N–H and O–H groups in total. The third-order valence-electron chi connectivity index (χ3n) is 2.52. The van der Waals surface area contributed by atoms with Crippen molar-refractivity contribution in [1.29, 1.82) is 0 Å². The van der Waals surface area contributed by atoms with Crippen LogP contribution >= 0.6 is 11.3 Å². The Hall–Kier alpha value is -0.860. The van der Waals surface area contributed by atoms with E-state index in [2.05, 4.69) is 37.3 Å². The van der Waals surface area contributed by atoms with Gasteiger partial charge in [0.2, 0.25) is 0 Å². The van der Waals surface area contributed by atoms with E-state index < -0.39 is 0 Å². The molecule has 1 unspecified atom stereocenters. The first-order valence-corrected chi connectivity index (χ1v) is 5.23. The predicted octanol–water partition coefficient (Wildman–Crippen LogP) is 3.15. The maximum atomic E-state index is 5.42. The summed E-state index contributed by atoms with van der Waals surface area (Å²) in [6, 6.07) is 10.7. The zero-order valence-electron chi connectivity index (χ0n) is 7.41. The van der Waals surface area contributed by atoms with Crippen LogP contribution in [-0.2, 0) is 10.3 Å². The zero-order chi connectivity index (χ0) is 8.89. The fraction of sp³-hybridized carbons (Fsp3) is 0.273. The molecule has 0 amide bonds. The molecule has 2 heteroatoms. The SMILES string of the molecule is CC1(c2cc3ccccc3s2)CO1. The molecule has 1 fully saturated rings. The standard InChI is InChI=1S/C11H10OS/c1-11(7-12-11)10-6-8-4-2-3-5-9(8)13-10/h2-6H,7H2,1H3. The van der Waals surface area contributed by atoms with Gasteiger partial charge in [0.05, 0.1) is 6.61 Å². The van der Waals surface area contributed by atoms with Crippen LogP contribution in [0.4, 0.5) is 0 Å². The fourth-order valence-corrected chi connectivity index (χ4v) is 2.64. The summed E-state index contributed by atoms with van der Waals surface area (Å²) in [5.41, 5.74) is 0.0314. The van der Waals surface area contributed by atoms with Crippen LogP contribution in [0.15, 0.2) is 30.3 Å². The minimum absolute atomic E-state index is 0.0314. The number of epoxide rings is 1. The van der Waals surface area contributed by atoms with Crippen LogP contribution in [0.1, 0.15) is 11.8 Å². The first-order chi connectivity index (χ1) is 6.28. The molecule has 1 nitrogen and oxygen atoms in total. The third-order valence-corrected chi connectivity index (χ3v) is 3.89. The molecule has 1 aliphatic rings. The summed E-state index contributed by atoms with van der Waals surface area (Å²) >= 11 is 1.84. The molecule has 1 aromatic heterocycles. The van der Waals surface area contributed by atoms with Gasteiger partial charge in [0.15, 0.2) is 0 Å². The molecule has 0 bridgehead atoms. The molecular weight excluding hydrogens is 180 g/mol.